The van der Waals surface area contributed by atoms with E-state index < -0.39 is 17.7 Å². The third kappa shape index (κ3) is 1.93. The summed E-state index contributed by atoms with van der Waals surface area (Å²) in [5.74, 6) is 0.712. The minimum Gasteiger partial charge on any atom is -0.485 e. The summed E-state index contributed by atoms with van der Waals surface area (Å²) in [5.41, 5.74) is -0.0643. The third-order valence-corrected chi connectivity index (χ3v) is 3.77. The van der Waals surface area contributed by atoms with Gasteiger partial charge in [-0.3, -0.25) is 4.79 Å². The van der Waals surface area contributed by atoms with Crippen molar-refractivity contribution in [1.29, 1.82) is 0 Å². The number of rotatable bonds is 1. The number of benzene rings is 1. The summed E-state index contributed by atoms with van der Waals surface area (Å²) in [6, 6.07) is 12.1. The Labute approximate surface area is 117 Å². The van der Waals surface area contributed by atoms with Crippen molar-refractivity contribution in [2.45, 2.75) is 31.6 Å². The number of pyridine rings is 1. The lowest BCUT2D eigenvalue weighted by Gasteiger charge is -2.42. The maximum Gasteiger partial charge on any atom is 0.251 e. The predicted molar refractivity (Wildman–Crippen MR) is 76.0 cm³/mol. The van der Waals surface area contributed by atoms with Gasteiger partial charge in [0.05, 0.1) is 6.04 Å². The van der Waals surface area contributed by atoms with E-state index in [1.165, 1.54) is 6.07 Å². The van der Waals surface area contributed by atoms with Gasteiger partial charge in [0.25, 0.3) is 5.56 Å². The summed E-state index contributed by atoms with van der Waals surface area (Å²) in [5, 5.41) is 10.6. The molecule has 0 bridgehead atoms. The van der Waals surface area contributed by atoms with E-state index in [0.717, 1.165) is 5.56 Å². The summed E-state index contributed by atoms with van der Waals surface area (Å²) >= 11 is 0. The van der Waals surface area contributed by atoms with Crippen LogP contribution in [0.5, 0.6) is 5.75 Å². The van der Waals surface area contributed by atoms with Crippen LogP contribution in [0.4, 0.5) is 0 Å². The zero-order valence-corrected chi connectivity index (χ0v) is 11.5. The van der Waals surface area contributed by atoms with Gasteiger partial charge in [-0.2, -0.15) is 0 Å². The van der Waals surface area contributed by atoms with Crippen LogP contribution < -0.4 is 10.3 Å². The van der Waals surface area contributed by atoms with Crippen molar-refractivity contribution < 1.29 is 9.84 Å². The molecule has 4 nitrogen and oxygen atoms in total. The molecule has 0 saturated carbocycles. The van der Waals surface area contributed by atoms with Crippen LogP contribution in [0.2, 0.25) is 0 Å². The second kappa shape index (κ2) is 4.49. The average Bonchev–Trinajstić information content (AvgIpc) is 2.41. The molecular formula is C16H17NO3. The Morgan fingerprint density at radius 3 is 2.60 bits per heavy atom. The van der Waals surface area contributed by atoms with Crippen molar-refractivity contribution in [3.05, 3.63) is 64.6 Å². The lowest BCUT2D eigenvalue weighted by molar-refractivity contribution is -0.0642. The van der Waals surface area contributed by atoms with E-state index in [1.54, 1.807) is 22.9 Å². The number of nitrogens with zero attached hydrogens (tertiary/aromatic N) is 1. The molecule has 2 aromatic rings. The molecule has 0 saturated heterocycles. The largest absolute Gasteiger partial charge is 0.485 e. The van der Waals surface area contributed by atoms with E-state index in [9.17, 15) is 9.90 Å². The minimum atomic E-state index is -0.808. The molecule has 0 fully saturated rings. The summed E-state index contributed by atoms with van der Waals surface area (Å²) in [6.45, 7) is 3.66. The molecule has 4 heteroatoms. The molecule has 20 heavy (non-hydrogen) atoms. The van der Waals surface area contributed by atoms with Gasteiger partial charge in [0.2, 0.25) is 0 Å². The zero-order valence-electron chi connectivity index (χ0n) is 11.5. The fraction of sp³-hybridized carbons (Fsp3) is 0.312. The first-order valence-corrected chi connectivity index (χ1v) is 6.64. The molecule has 104 valence electrons. The number of ether oxygens (including phenoxy) is 1. The number of hydrogen-bond donors (Lipinski definition) is 1. The van der Waals surface area contributed by atoms with Gasteiger partial charge in [0, 0.05) is 17.8 Å². The van der Waals surface area contributed by atoms with Gasteiger partial charge in [0.1, 0.15) is 17.5 Å². The molecule has 0 unspecified atom stereocenters. The number of aromatic nitrogens is 1. The normalized spacial score (nSPS) is 23.8. The Hall–Kier alpha value is -2.07. The van der Waals surface area contributed by atoms with E-state index in [0.29, 0.717) is 5.75 Å². The number of para-hydroxylation sites is 1. The molecule has 0 amide bonds. The Bertz CT molecular complexity index is 690. The highest BCUT2D eigenvalue weighted by Gasteiger charge is 2.43. The molecule has 1 aliphatic rings. The van der Waals surface area contributed by atoms with Crippen LogP contribution in [-0.4, -0.2) is 21.4 Å². The average molecular weight is 271 g/mol. The maximum atomic E-state index is 12.1. The van der Waals surface area contributed by atoms with Crippen LogP contribution >= 0.6 is 0 Å². The highest BCUT2D eigenvalue weighted by atomic mass is 16.5. The molecule has 0 radical (unpaired) electrons. The Balaban J connectivity index is 2.23. The molecule has 2 atom stereocenters. The van der Waals surface area contributed by atoms with Gasteiger partial charge in [-0.25, -0.2) is 0 Å². The highest BCUT2D eigenvalue weighted by molar-refractivity contribution is 5.40. The number of aliphatic hydroxyl groups excluding tert-OH is 1. The van der Waals surface area contributed by atoms with Crippen molar-refractivity contribution in [2.75, 3.05) is 0 Å². The van der Waals surface area contributed by atoms with Crippen LogP contribution in [-0.2, 0) is 0 Å². The van der Waals surface area contributed by atoms with E-state index in [1.807, 2.05) is 38.1 Å². The number of aliphatic hydroxyl groups is 1. The van der Waals surface area contributed by atoms with Gasteiger partial charge in [-0.15, -0.1) is 0 Å². The van der Waals surface area contributed by atoms with Crippen LogP contribution in [0.25, 0.3) is 0 Å². The molecule has 1 N–H and O–H groups in total. The van der Waals surface area contributed by atoms with Crippen molar-refractivity contribution in [1.82, 2.24) is 4.57 Å². The standard InChI is InChI=1S/C16H17NO3/c1-16(2)15(19)14(17-10-6-5-9-13(17)18)11-7-3-4-8-12(11)20-16/h3-10,14-15,19H,1-2H3/t14-,15+/m1/s1. The molecule has 2 heterocycles. The highest BCUT2D eigenvalue weighted by Crippen LogP contribution is 2.40. The van der Waals surface area contributed by atoms with E-state index in [2.05, 4.69) is 0 Å². The van der Waals surface area contributed by atoms with Crippen LogP contribution in [0.3, 0.4) is 0 Å². The summed E-state index contributed by atoms with van der Waals surface area (Å²) in [4.78, 5) is 12.1. The minimum absolute atomic E-state index is 0.135. The first-order chi connectivity index (χ1) is 9.50. The molecular weight excluding hydrogens is 254 g/mol. The fourth-order valence-electron chi connectivity index (χ4n) is 2.68. The van der Waals surface area contributed by atoms with Crippen LogP contribution in [0.15, 0.2) is 53.5 Å². The molecule has 1 aromatic heterocycles. The van der Waals surface area contributed by atoms with E-state index in [4.69, 9.17) is 4.74 Å². The lowest BCUT2D eigenvalue weighted by atomic mass is 9.86. The van der Waals surface area contributed by atoms with Crippen molar-refractivity contribution in [3.8, 4) is 5.75 Å². The Morgan fingerprint density at radius 2 is 1.85 bits per heavy atom. The van der Waals surface area contributed by atoms with Crippen molar-refractivity contribution in [2.24, 2.45) is 0 Å². The smallest absolute Gasteiger partial charge is 0.251 e. The topological polar surface area (TPSA) is 51.5 Å². The molecule has 1 aromatic carbocycles. The van der Waals surface area contributed by atoms with Crippen LogP contribution in [0.1, 0.15) is 25.5 Å². The SMILES string of the molecule is CC1(C)Oc2ccccc2[C@@H](n2ccccc2=O)[C@@H]1O. The Morgan fingerprint density at radius 1 is 1.15 bits per heavy atom. The molecule has 3 rings (SSSR count). The lowest BCUT2D eigenvalue weighted by Crippen LogP contribution is -2.52. The number of fused-ring (bicyclic) bond motifs is 1. The fourth-order valence-corrected chi connectivity index (χ4v) is 2.68. The van der Waals surface area contributed by atoms with Gasteiger partial charge >= 0.3 is 0 Å². The molecule has 1 aliphatic heterocycles. The first-order valence-electron chi connectivity index (χ1n) is 6.64. The molecule has 0 spiro atoms. The van der Waals surface area contributed by atoms with Gasteiger partial charge < -0.3 is 14.4 Å². The van der Waals surface area contributed by atoms with Gasteiger partial charge in [-0.05, 0) is 26.0 Å². The van der Waals surface area contributed by atoms with Crippen molar-refractivity contribution in [3.63, 3.8) is 0 Å². The van der Waals surface area contributed by atoms with E-state index in [-0.39, 0.29) is 5.56 Å². The van der Waals surface area contributed by atoms with E-state index >= 15 is 0 Å². The molecule has 0 aliphatic carbocycles. The van der Waals surface area contributed by atoms with Gasteiger partial charge in [-0.1, -0.05) is 24.3 Å². The van der Waals surface area contributed by atoms with Crippen molar-refractivity contribution >= 4 is 0 Å². The quantitative estimate of drug-likeness (QED) is 0.862. The monoisotopic (exact) mass is 271 g/mol. The first kappa shape index (κ1) is 12.9. The Kier molecular flexibility index (Phi) is 2.91. The van der Waals surface area contributed by atoms with Gasteiger partial charge in [0.15, 0.2) is 0 Å². The number of hydrogen-bond acceptors (Lipinski definition) is 3. The third-order valence-electron chi connectivity index (χ3n) is 3.77. The maximum absolute atomic E-state index is 12.1. The zero-order chi connectivity index (χ0) is 14.3. The summed E-state index contributed by atoms with van der Waals surface area (Å²) in [7, 11) is 0. The second-order valence-corrected chi connectivity index (χ2v) is 5.58. The second-order valence-electron chi connectivity index (χ2n) is 5.58. The summed E-state index contributed by atoms with van der Waals surface area (Å²) in [6.07, 6.45) is 0.895. The predicted octanol–water partition coefficient (Wildman–Crippen LogP) is 1.97. The summed E-state index contributed by atoms with van der Waals surface area (Å²) < 4.78 is 7.42. The van der Waals surface area contributed by atoms with Crippen LogP contribution in [0, 0.1) is 0 Å².